The number of carbonyl (C=O) groups is 2. The molecule has 0 unspecified atom stereocenters. The van der Waals surface area contributed by atoms with Gasteiger partial charge in [-0.1, -0.05) is 6.07 Å². The molecule has 1 fully saturated rings. The normalized spacial score (nSPS) is 18.7. The highest BCUT2D eigenvalue weighted by Gasteiger charge is 2.43. The van der Waals surface area contributed by atoms with Crippen LogP contribution in [0.15, 0.2) is 23.9 Å². The Morgan fingerprint density at radius 1 is 0.926 bits per heavy atom. The molecule has 0 atom stereocenters. The molecule has 27 heavy (non-hydrogen) atoms. The summed E-state index contributed by atoms with van der Waals surface area (Å²) in [5.74, 6) is 0.643. The zero-order valence-electron chi connectivity index (χ0n) is 16.6. The fourth-order valence-electron chi connectivity index (χ4n) is 3.58. The van der Waals surface area contributed by atoms with E-state index in [-0.39, 0.29) is 17.9 Å². The van der Waals surface area contributed by atoms with Crippen molar-refractivity contribution in [1.29, 1.82) is 0 Å². The molecule has 0 radical (unpaired) electrons. The number of benzene rings is 1. The lowest BCUT2D eigenvalue weighted by molar-refractivity contribution is -0.139. The average molecular weight is 373 g/mol. The van der Waals surface area contributed by atoms with Crippen LogP contribution in [0.5, 0.6) is 11.5 Å². The van der Waals surface area contributed by atoms with Gasteiger partial charge in [0, 0.05) is 32.2 Å². The standard InChI is InChI=1S/C20H27N3O4/c1-13(2)23-19(24)17(14-6-7-15(26-4)16(12-14)27-5)18(20(23)25)22-10-8-21(3)9-11-22/h6-7,12-13H,8-11H2,1-5H3. The number of nitrogens with zero attached hydrogens (tertiary/aromatic N) is 3. The predicted molar refractivity (Wildman–Crippen MR) is 103 cm³/mol. The third-order valence-corrected chi connectivity index (χ3v) is 5.10. The van der Waals surface area contributed by atoms with Gasteiger partial charge in [-0.3, -0.25) is 14.5 Å². The molecule has 2 amide bonds. The summed E-state index contributed by atoms with van der Waals surface area (Å²) in [6.07, 6.45) is 0. The average Bonchev–Trinajstić information content (AvgIpc) is 2.92. The molecule has 0 aliphatic carbocycles. The van der Waals surface area contributed by atoms with Crippen LogP contribution in [0.4, 0.5) is 0 Å². The van der Waals surface area contributed by atoms with E-state index < -0.39 is 0 Å². The van der Waals surface area contributed by atoms with Gasteiger partial charge < -0.3 is 19.3 Å². The zero-order chi connectivity index (χ0) is 19.7. The van der Waals surface area contributed by atoms with Crippen molar-refractivity contribution in [2.45, 2.75) is 19.9 Å². The van der Waals surface area contributed by atoms with Gasteiger partial charge in [0.15, 0.2) is 11.5 Å². The fourth-order valence-corrected chi connectivity index (χ4v) is 3.58. The Hall–Kier alpha value is -2.54. The first-order chi connectivity index (χ1) is 12.9. The SMILES string of the molecule is COc1ccc(C2=C(N3CCN(C)CC3)C(=O)N(C(C)C)C2=O)cc1OC. The van der Waals surface area contributed by atoms with Gasteiger partial charge in [-0.05, 0) is 38.6 Å². The summed E-state index contributed by atoms with van der Waals surface area (Å²) in [6.45, 7) is 6.85. The van der Waals surface area contributed by atoms with Crippen molar-refractivity contribution in [3.63, 3.8) is 0 Å². The fraction of sp³-hybridized carbons (Fsp3) is 0.500. The number of likely N-dealkylation sites (N-methyl/N-ethyl adjacent to an activating group) is 1. The Balaban J connectivity index is 2.11. The maximum atomic E-state index is 13.2. The predicted octanol–water partition coefficient (Wildman–Crippen LogP) is 1.44. The summed E-state index contributed by atoms with van der Waals surface area (Å²) in [7, 11) is 5.18. The second kappa shape index (κ2) is 7.60. The van der Waals surface area contributed by atoms with Crippen molar-refractivity contribution in [1.82, 2.24) is 14.7 Å². The summed E-state index contributed by atoms with van der Waals surface area (Å²) in [6, 6.07) is 5.13. The van der Waals surface area contributed by atoms with Crippen molar-refractivity contribution in [2.24, 2.45) is 0 Å². The molecule has 0 saturated carbocycles. The van der Waals surface area contributed by atoms with Crippen LogP contribution in [0.1, 0.15) is 19.4 Å². The van der Waals surface area contributed by atoms with E-state index >= 15 is 0 Å². The third kappa shape index (κ3) is 3.39. The Morgan fingerprint density at radius 2 is 1.56 bits per heavy atom. The second-order valence-electron chi connectivity index (χ2n) is 7.16. The molecule has 2 aliphatic heterocycles. The molecule has 1 saturated heterocycles. The van der Waals surface area contributed by atoms with Gasteiger partial charge in [-0.15, -0.1) is 0 Å². The Kier molecular flexibility index (Phi) is 5.41. The summed E-state index contributed by atoms with van der Waals surface area (Å²) in [5, 5.41) is 0. The van der Waals surface area contributed by atoms with E-state index in [1.807, 2.05) is 24.8 Å². The minimum absolute atomic E-state index is 0.204. The monoisotopic (exact) mass is 373 g/mol. The van der Waals surface area contributed by atoms with Crippen molar-refractivity contribution >= 4 is 17.4 Å². The van der Waals surface area contributed by atoms with E-state index in [1.165, 1.54) is 4.90 Å². The molecule has 1 aromatic rings. The maximum absolute atomic E-state index is 13.2. The van der Waals surface area contributed by atoms with E-state index in [0.29, 0.717) is 41.4 Å². The Labute approximate surface area is 160 Å². The number of ether oxygens (including phenoxy) is 2. The Bertz CT molecular complexity index is 779. The quantitative estimate of drug-likeness (QED) is 0.728. The van der Waals surface area contributed by atoms with Crippen LogP contribution in [-0.4, -0.2) is 80.0 Å². The van der Waals surface area contributed by atoms with Gasteiger partial charge in [0.1, 0.15) is 5.70 Å². The van der Waals surface area contributed by atoms with Crippen molar-refractivity contribution in [3.8, 4) is 11.5 Å². The summed E-state index contributed by atoms with van der Waals surface area (Å²) < 4.78 is 10.7. The van der Waals surface area contributed by atoms with Crippen molar-refractivity contribution in [2.75, 3.05) is 47.4 Å². The number of amides is 2. The highest BCUT2D eigenvalue weighted by Crippen LogP contribution is 2.37. The smallest absolute Gasteiger partial charge is 0.278 e. The van der Waals surface area contributed by atoms with Crippen LogP contribution >= 0.6 is 0 Å². The van der Waals surface area contributed by atoms with E-state index in [4.69, 9.17) is 9.47 Å². The maximum Gasteiger partial charge on any atom is 0.278 e. The number of carbonyl (C=O) groups excluding carboxylic acids is 2. The zero-order valence-corrected chi connectivity index (χ0v) is 16.6. The molecule has 0 spiro atoms. The van der Waals surface area contributed by atoms with E-state index in [2.05, 4.69) is 11.9 Å². The van der Waals surface area contributed by atoms with Crippen LogP contribution in [-0.2, 0) is 9.59 Å². The number of hydrogen-bond donors (Lipinski definition) is 0. The van der Waals surface area contributed by atoms with E-state index in [9.17, 15) is 9.59 Å². The van der Waals surface area contributed by atoms with Crippen LogP contribution in [0.2, 0.25) is 0 Å². The number of imide groups is 1. The molecule has 0 N–H and O–H groups in total. The largest absolute Gasteiger partial charge is 0.493 e. The molecular weight excluding hydrogens is 346 g/mol. The van der Waals surface area contributed by atoms with Gasteiger partial charge in [0.05, 0.1) is 19.8 Å². The minimum Gasteiger partial charge on any atom is -0.493 e. The summed E-state index contributed by atoms with van der Waals surface area (Å²) in [4.78, 5) is 31.9. The van der Waals surface area contributed by atoms with Gasteiger partial charge >= 0.3 is 0 Å². The molecular formula is C20H27N3O4. The third-order valence-electron chi connectivity index (χ3n) is 5.10. The van der Waals surface area contributed by atoms with Crippen LogP contribution in [0.3, 0.4) is 0 Å². The molecule has 1 aromatic carbocycles. The van der Waals surface area contributed by atoms with Crippen LogP contribution in [0.25, 0.3) is 5.57 Å². The van der Waals surface area contributed by atoms with Crippen LogP contribution < -0.4 is 9.47 Å². The lowest BCUT2D eigenvalue weighted by Gasteiger charge is -2.34. The molecule has 7 heteroatoms. The van der Waals surface area contributed by atoms with Gasteiger partial charge in [0.2, 0.25) is 0 Å². The molecule has 7 nitrogen and oxygen atoms in total. The highest BCUT2D eigenvalue weighted by molar-refractivity contribution is 6.35. The topological polar surface area (TPSA) is 62.3 Å². The second-order valence-corrected chi connectivity index (χ2v) is 7.16. The van der Waals surface area contributed by atoms with Gasteiger partial charge in [-0.2, -0.15) is 0 Å². The van der Waals surface area contributed by atoms with Crippen LogP contribution in [0, 0.1) is 0 Å². The van der Waals surface area contributed by atoms with Crippen molar-refractivity contribution in [3.05, 3.63) is 29.5 Å². The molecule has 146 valence electrons. The number of rotatable bonds is 5. The van der Waals surface area contributed by atoms with E-state index in [0.717, 1.165) is 13.1 Å². The number of hydrogen-bond acceptors (Lipinski definition) is 6. The first-order valence-electron chi connectivity index (χ1n) is 9.17. The summed E-state index contributed by atoms with van der Waals surface area (Å²) in [5.41, 5.74) is 1.61. The van der Waals surface area contributed by atoms with Crippen molar-refractivity contribution < 1.29 is 19.1 Å². The molecule has 3 rings (SSSR count). The molecule has 2 heterocycles. The van der Waals surface area contributed by atoms with Gasteiger partial charge in [0.25, 0.3) is 11.8 Å². The first kappa shape index (κ1) is 19.2. The Morgan fingerprint density at radius 3 is 2.11 bits per heavy atom. The molecule has 2 aliphatic rings. The number of piperazine rings is 1. The lowest BCUT2D eigenvalue weighted by Crippen LogP contribution is -2.46. The van der Waals surface area contributed by atoms with Gasteiger partial charge in [-0.25, -0.2) is 0 Å². The lowest BCUT2D eigenvalue weighted by atomic mass is 10.0. The molecule has 0 bridgehead atoms. The minimum atomic E-state index is -0.254. The highest BCUT2D eigenvalue weighted by atomic mass is 16.5. The van der Waals surface area contributed by atoms with E-state index in [1.54, 1.807) is 26.4 Å². The first-order valence-corrected chi connectivity index (χ1v) is 9.17. The molecule has 0 aromatic heterocycles. The number of methoxy groups -OCH3 is 2. The summed E-state index contributed by atoms with van der Waals surface area (Å²) >= 11 is 0.